The lowest BCUT2D eigenvalue weighted by molar-refractivity contribution is 0.414. The highest BCUT2D eigenvalue weighted by Gasteiger charge is 2.02. The topological polar surface area (TPSA) is 39.1 Å². The number of aryl methyl sites for hydroxylation is 2. The van der Waals surface area contributed by atoms with Gasteiger partial charge in [-0.2, -0.15) is 5.10 Å². The molecule has 102 valence electrons. The molecule has 2 aromatic rings. The Balaban J connectivity index is 1.92. The Labute approximate surface area is 114 Å². The fourth-order valence-electron chi connectivity index (χ4n) is 1.99. The molecule has 4 nitrogen and oxygen atoms in total. The van der Waals surface area contributed by atoms with E-state index in [9.17, 15) is 0 Å². The van der Waals surface area contributed by atoms with Gasteiger partial charge in [-0.05, 0) is 36.7 Å². The molecule has 0 amide bonds. The first kappa shape index (κ1) is 13.6. The molecular formula is C15H21N3O. The molecule has 0 saturated heterocycles. The van der Waals surface area contributed by atoms with Crippen molar-refractivity contribution >= 4 is 0 Å². The largest absolute Gasteiger partial charge is 0.497 e. The maximum atomic E-state index is 5.16. The van der Waals surface area contributed by atoms with Crippen molar-refractivity contribution in [2.45, 2.75) is 26.4 Å². The molecule has 0 spiro atoms. The minimum absolute atomic E-state index is 0.874. The first-order valence-corrected chi connectivity index (χ1v) is 6.68. The first-order valence-electron chi connectivity index (χ1n) is 6.68. The SMILES string of the molecule is CCNCc1ccnn1CCc1ccc(OC)cc1. The maximum Gasteiger partial charge on any atom is 0.118 e. The van der Waals surface area contributed by atoms with Crippen LogP contribution in [0.4, 0.5) is 0 Å². The van der Waals surface area contributed by atoms with E-state index in [2.05, 4.69) is 40.2 Å². The molecule has 1 aromatic heterocycles. The van der Waals surface area contributed by atoms with Crippen molar-refractivity contribution < 1.29 is 4.74 Å². The lowest BCUT2D eigenvalue weighted by atomic mass is 10.1. The Kier molecular flexibility index (Phi) is 4.98. The van der Waals surface area contributed by atoms with Crippen LogP contribution in [0.2, 0.25) is 0 Å². The summed E-state index contributed by atoms with van der Waals surface area (Å²) < 4.78 is 7.22. The highest BCUT2D eigenvalue weighted by atomic mass is 16.5. The van der Waals surface area contributed by atoms with Gasteiger partial charge in [0.1, 0.15) is 5.75 Å². The summed E-state index contributed by atoms with van der Waals surface area (Å²) in [5.41, 5.74) is 2.53. The zero-order valence-electron chi connectivity index (χ0n) is 11.6. The third kappa shape index (κ3) is 3.83. The molecule has 0 bridgehead atoms. The van der Waals surface area contributed by atoms with Crippen molar-refractivity contribution in [3.63, 3.8) is 0 Å². The lowest BCUT2D eigenvalue weighted by Gasteiger charge is -2.08. The van der Waals surface area contributed by atoms with E-state index >= 15 is 0 Å². The fourth-order valence-corrected chi connectivity index (χ4v) is 1.99. The number of benzene rings is 1. The van der Waals surface area contributed by atoms with Crippen LogP contribution in [0.1, 0.15) is 18.2 Å². The van der Waals surface area contributed by atoms with Crippen molar-refractivity contribution in [2.75, 3.05) is 13.7 Å². The number of aromatic nitrogens is 2. The predicted molar refractivity (Wildman–Crippen MR) is 76.3 cm³/mol. The molecule has 1 aromatic carbocycles. The van der Waals surface area contributed by atoms with Gasteiger partial charge in [0.2, 0.25) is 0 Å². The average Bonchev–Trinajstić information content (AvgIpc) is 2.91. The van der Waals surface area contributed by atoms with Crippen molar-refractivity contribution in [1.29, 1.82) is 0 Å². The molecule has 0 fully saturated rings. The Morgan fingerprint density at radius 2 is 2.00 bits per heavy atom. The molecule has 0 aliphatic carbocycles. The second-order valence-corrected chi connectivity index (χ2v) is 4.42. The Hall–Kier alpha value is -1.81. The van der Waals surface area contributed by atoms with Crippen molar-refractivity contribution in [3.05, 3.63) is 47.8 Å². The monoisotopic (exact) mass is 259 g/mol. The fraction of sp³-hybridized carbons (Fsp3) is 0.400. The van der Waals surface area contributed by atoms with Crippen LogP contribution in [0.25, 0.3) is 0 Å². The van der Waals surface area contributed by atoms with E-state index in [0.29, 0.717) is 0 Å². The van der Waals surface area contributed by atoms with Gasteiger partial charge in [0.25, 0.3) is 0 Å². The van der Waals surface area contributed by atoms with E-state index in [4.69, 9.17) is 4.74 Å². The van der Waals surface area contributed by atoms with Crippen molar-refractivity contribution in [2.24, 2.45) is 0 Å². The number of ether oxygens (including phenoxy) is 1. The van der Waals surface area contributed by atoms with E-state index in [0.717, 1.165) is 31.8 Å². The number of rotatable bonds is 7. The highest BCUT2D eigenvalue weighted by Crippen LogP contribution is 2.12. The summed E-state index contributed by atoms with van der Waals surface area (Å²) >= 11 is 0. The van der Waals surface area contributed by atoms with E-state index < -0.39 is 0 Å². The molecule has 0 atom stereocenters. The Morgan fingerprint density at radius 3 is 2.68 bits per heavy atom. The van der Waals surface area contributed by atoms with Gasteiger partial charge in [-0.25, -0.2) is 0 Å². The van der Waals surface area contributed by atoms with Gasteiger partial charge in [0, 0.05) is 19.3 Å². The molecule has 0 unspecified atom stereocenters. The van der Waals surface area contributed by atoms with Crippen LogP contribution < -0.4 is 10.1 Å². The normalized spacial score (nSPS) is 10.6. The highest BCUT2D eigenvalue weighted by molar-refractivity contribution is 5.27. The maximum absolute atomic E-state index is 5.16. The summed E-state index contributed by atoms with van der Waals surface area (Å²) in [5, 5.41) is 7.70. The van der Waals surface area contributed by atoms with Crippen LogP contribution in [-0.4, -0.2) is 23.4 Å². The molecule has 4 heteroatoms. The summed E-state index contributed by atoms with van der Waals surface area (Å²) in [4.78, 5) is 0. The molecule has 1 heterocycles. The average molecular weight is 259 g/mol. The number of nitrogens with one attached hydrogen (secondary N) is 1. The van der Waals surface area contributed by atoms with E-state index in [1.807, 2.05) is 18.3 Å². The van der Waals surface area contributed by atoms with Gasteiger partial charge >= 0.3 is 0 Å². The summed E-state index contributed by atoms with van der Waals surface area (Å²) in [6.07, 6.45) is 2.84. The van der Waals surface area contributed by atoms with Crippen molar-refractivity contribution in [1.82, 2.24) is 15.1 Å². The van der Waals surface area contributed by atoms with Crippen LogP contribution in [0.15, 0.2) is 36.5 Å². The molecule has 19 heavy (non-hydrogen) atoms. The third-order valence-corrected chi connectivity index (χ3v) is 3.13. The molecule has 2 rings (SSSR count). The quantitative estimate of drug-likeness (QED) is 0.829. The van der Waals surface area contributed by atoms with Gasteiger partial charge in [-0.1, -0.05) is 19.1 Å². The van der Waals surface area contributed by atoms with E-state index in [1.54, 1.807) is 7.11 Å². The lowest BCUT2D eigenvalue weighted by Crippen LogP contribution is -2.16. The van der Waals surface area contributed by atoms with Gasteiger partial charge in [0.05, 0.1) is 12.8 Å². The molecular weight excluding hydrogens is 238 g/mol. The summed E-state index contributed by atoms with van der Waals surface area (Å²) in [6.45, 7) is 4.86. The van der Waals surface area contributed by atoms with Gasteiger partial charge in [-0.3, -0.25) is 4.68 Å². The molecule has 0 saturated carbocycles. The smallest absolute Gasteiger partial charge is 0.118 e. The number of hydrogen-bond donors (Lipinski definition) is 1. The predicted octanol–water partition coefficient (Wildman–Crippen LogP) is 2.24. The van der Waals surface area contributed by atoms with Crippen LogP contribution >= 0.6 is 0 Å². The summed E-state index contributed by atoms with van der Waals surface area (Å²) in [5.74, 6) is 0.899. The molecule has 0 aliphatic rings. The van der Waals surface area contributed by atoms with Crippen LogP contribution in [0.3, 0.4) is 0 Å². The van der Waals surface area contributed by atoms with Gasteiger partial charge in [-0.15, -0.1) is 0 Å². The molecule has 1 N–H and O–H groups in total. The third-order valence-electron chi connectivity index (χ3n) is 3.13. The Morgan fingerprint density at radius 1 is 1.21 bits per heavy atom. The summed E-state index contributed by atoms with van der Waals surface area (Å²) in [6, 6.07) is 10.3. The summed E-state index contributed by atoms with van der Waals surface area (Å²) in [7, 11) is 1.69. The van der Waals surface area contributed by atoms with Crippen LogP contribution in [0.5, 0.6) is 5.75 Å². The van der Waals surface area contributed by atoms with E-state index in [-0.39, 0.29) is 0 Å². The zero-order valence-corrected chi connectivity index (χ0v) is 11.6. The minimum Gasteiger partial charge on any atom is -0.497 e. The Bertz CT molecular complexity index is 490. The molecule has 0 aliphatic heterocycles. The zero-order chi connectivity index (χ0) is 13.5. The number of hydrogen-bond acceptors (Lipinski definition) is 3. The minimum atomic E-state index is 0.874. The van der Waals surface area contributed by atoms with Crippen LogP contribution in [-0.2, 0) is 19.5 Å². The standard InChI is InChI=1S/C15H21N3O/c1-3-16-12-14-8-10-17-18(14)11-9-13-4-6-15(19-2)7-5-13/h4-8,10,16H,3,9,11-12H2,1-2H3. The molecule has 0 radical (unpaired) electrons. The van der Waals surface area contributed by atoms with E-state index in [1.165, 1.54) is 11.3 Å². The second kappa shape index (κ2) is 6.95. The van der Waals surface area contributed by atoms with Gasteiger partial charge < -0.3 is 10.1 Å². The second-order valence-electron chi connectivity index (χ2n) is 4.42. The number of nitrogens with zero attached hydrogens (tertiary/aromatic N) is 2. The number of methoxy groups -OCH3 is 1. The van der Waals surface area contributed by atoms with Gasteiger partial charge in [0.15, 0.2) is 0 Å². The van der Waals surface area contributed by atoms with Crippen molar-refractivity contribution in [3.8, 4) is 5.75 Å². The first-order chi connectivity index (χ1) is 9.33. The van der Waals surface area contributed by atoms with Crippen LogP contribution in [0, 0.1) is 0 Å².